The summed E-state index contributed by atoms with van der Waals surface area (Å²) >= 11 is 1.36. The molecule has 1 aliphatic rings. The molecule has 3 heterocycles. The lowest BCUT2D eigenvalue weighted by Crippen LogP contribution is -2.46. The molecule has 0 bridgehead atoms. The molecule has 8 nitrogen and oxygen atoms in total. The van der Waals surface area contributed by atoms with Crippen LogP contribution >= 0.6 is 11.3 Å². The molecule has 0 radical (unpaired) electrons. The van der Waals surface area contributed by atoms with Crippen molar-refractivity contribution in [3.8, 4) is 0 Å². The summed E-state index contributed by atoms with van der Waals surface area (Å²) < 4.78 is 5.78. The van der Waals surface area contributed by atoms with Gasteiger partial charge in [-0.1, -0.05) is 48.5 Å². The fourth-order valence-corrected chi connectivity index (χ4v) is 5.12. The lowest BCUT2D eigenvalue weighted by Gasteiger charge is -2.25. The summed E-state index contributed by atoms with van der Waals surface area (Å²) in [6, 6.07) is 23.1. The summed E-state index contributed by atoms with van der Waals surface area (Å²) in [6.07, 6.45) is 0.920. The van der Waals surface area contributed by atoms with Crippen LogP contribution in [0.25, 0.3) is 0 Å². The van der Waals surface area contributed by atoms with Gasteiger partial charge in [-0.3, -0.25) is 19.5 Å². The molecule has 5 rings (SSSR count). The average molecular weight is 541 g/mol. The zero-order chi connectivity index (χ0) is 27.2. The minimum atomic E-state index is -0.868. The second kappa shape index (κ2) is 11.9. The highest BCUT2D eigenvalue weighted by Crippen LogP contribution is 2.35. The molecule has 4 aromatic rings. The van der Waals surface area contributed by atoms with E-state index in [1.54, 1.807) is 36.5 Å². The molecule has 0 unspecified atom stereocenters. The molecule has 0 spiro atoms. The van der Waals surface area contributed by atoms with Crippen LogP contribution in [0.2, 0.25) is 0 Å². The van der Waals surface area contributed by atoms with Crippen LogP contribution in [0.15, 0.2) is 90.4 Å². The monoisotopic (exact) mass is 540 g/mol. The van der Waals surface area contributed by atoms with Crippen molar-refractivity contribution in [2.24, 2.45) is 0 Å². The summed E-state index contributed by atoms with van der Waals surface area (Å²) in [6.45, 7) is 2.59. The van der Waals surface area contributed by atoms with E-state index in [1.165, 1.54) is 16.2 Å². The number of aromatic nitrogens is 1. The van der Waals surface area contributed by atoms with Gasteiger partial charge in [0.05, 0.1) is 11.4 Å². The van der Waals surface area contributed by atoms with Gasteiger partial charge in [-0.2, -0.15) is 0 Å². The summed E-state index contributed by atoms with van der Waals surface area (Å²) in [5.74, 6) is -0.495. The Labute approximate surface area is 230 Å². The van der Waals surface area contributed by atoms with E-state index >= 15 is 0 Å². The highest BCUT2D eigenvalue weighted by atomic mass is 32.1. The fraction of sp³-hybridized carbons (Fsp3) is 0.200. The minimum Gasteiger partial charge on any atom is -0.438 e. The lowest BCUT2D eigenvalue weighted by molar-refractivity contribution is -0.126. The largest absolute Gasteiger partial charge is 0.438 e. The number of nitrogens with zero attached hydrogens (tertiary/aromatic N) is 2. The van der Waals surface area contributed by atoms with Gasteiger partial charge in [0.25, 0.3) is 5.91 Å². The van der Waals surface area contributed by atoms with Gasteiger partial charge in [0.2, 0.25) is 5.91 Å². The van der Waals surface area contributed by atoms with Crippen molar-refractivity contribution in [3.05, 3.63) is 118 Å². The third kappa shape index (κ3) is 6.15. The molecular formula is C30H28N4O4S. The van der Waals surface area contributed by atoms with Crippen molar-refractivity contribution < 1.29 is 19.1 Å². The molecule has 9 heteroatoms. The number of hydrogen-bond acceptors (Lipinski definition) is 6. The Kier molecular flexibility index (Phi) is 7.98. The van der Waals surface area contributed by atoms with Gasteiger partial charge >= 0.3 is 6.09 Å². The molecule has 2 aromatic carbocycles. The maximum atomic E-state index is 13.5. The van der Waals surface area contributed by atoms with Gasteiger partial charge in [-0.15, -0.1) is 11.3 Å². The molecule has 2 N–H and O–H groups in total. The number of pyridine rings is 1. The number of amides is 3. The number of cyclic esters (lactones) is 1. The molecule has 1 saturated heterocycles. The molecule has 198 valence electrons. The summed E-state index contributed by atoms with van der Waals surface area (Å²) in [5.41, 5.74) is 4.09. The van der Waals surface area contributed by atoms with E-state index in [2.05, 4.69) is 15.6 Å². The molecule has 3 amide bonds. The Bertz CT molecular complexity index is 1440. The van der Waals surface area contributed by atoms with Gasteiger partial charge in [0, 0.05) is 30.5 Å². The molecule has 39 heavy (non-hydrogen) atoms. The maximum absolute atomic E-state index is 13.5. The van der Waals surface area contributed by atoms with Gasteiger partial charge in [-0.25, -0.2) is 4.79 Å². The molecule has 2 aromatic heterocycles. The number of rotatable bonds is 9. The number of benzene rings is 2. The predicted octanol–water partition coefficient (Wildman–Crippen LogP) is 5.12. The number of hydrogen-bond donors (Lipinski definition) is 2. The zero-order valence-corrected chi connectivity index (χ0v) is 22.2. The van der Waals surface area contributed by atoms with Gasteiger partial charge in [0.1, 0.15) is 0 Å². The van der Waals surface area contributed by atoms with Crippen molar-refractivity contribution in [1.82, 2.24) is 15.2 Å². The number of ether oxygens (including phenoxy) is 1. The van der Waals surface area contributed by atoms with E-state index in [9.17, 15) is 14.4 Å². The van der Waals surface area contributed by atoms with Crippen molar-refractivity contribution >= 4 is 34.9 Å². The normalized spacial score (nSPS) is 16.5. The molecule has 1 aliphatic heterocycles. The van der Waals surface area contributed by atoms with E-state index in [1.807, 2.05) is 60.8 Å². The lowest BCUT2D eigenvalue weighted by atomic mass is 9.99. The topological polar surface area (TPSA) is 101 Å². The van der Waals surface area contributed by atoms with Crippen LogP contribution in [0.4, 0.5) is 10.5 Å². The van der Waals surface area contributed by atoms with E-state index in [0.717, 1.165) is 16.8 Å². The number of carbonyl (C=O) groups excluding carboxylic acids is 3. The molecule has 2 atom stereocenters. The Balaban J connectivity index is 1.35. The predicted molar refractivity (Wildman–Crippen MR) is 149 cm³/mol. The fourth-order valence-electron chi connectivity index (χ4n) is 4.50. The molecule has 1 fully saturated rings. The van der Waals surface area contributed by atoms with Crippen LogP contribution in [-0.2, 0) is 22.5 Å². The second-order valence-corrected chi connectivity index (χ2v) is 10.2. The number of carbonyl (C=O) groups is 3. The van der Waals surface area contributed by atoms with Crippen LogP contribution in [-0.4, -0.2) is 40.4 Å². The first-order chi connectivity index (χ1) is 19.0. The second-order valence-electron chi connectivity index (χ2n) is 9.22. The Morgan fingerprint density at radius 3 is 2.51 bits per heavy atom. The van der Waals surface area contributed by atoms with E-state index in [-0.39, 0.29) is 18.4 Å². The van der Waals surface area contributed by atoms with Gasteiger partial charge in [0.15, 0.2) is 12.1 Å². The third-order valence-corrected chi connectivity index (χ3v) is 7.47. The quantitative estimate of drug-likeness (QED) is 0.307. The van der Waals surface area contributed by atoms with Crippen LogP contribution in [0.1, 0.15) is 38.2 Å². The Morgan fingerprint density at radius 1 is 1.00 bits per heavy atom. The molecule has 0 aliphatic carbocycles. The van der Waals surface area contributed by atoms with Gasteiger partial charge in [-0.05, 0) is 59.3 Å². The van der Waals surface area contributed by atoms with Crippen LogP contribution in [0, 0.1) is 6.92 Å². The first-order valence-corrected chi connectivity index (χ1v) is 13.5. The SMILES string of the molecule is Cc1ccccc1CN1C(=O)O[C@H](c2ccc(NC(=O)c3cccs3)cc2)[C@H]1C(=O)NCCc1ccccn1. The average Bonchev–Trinajstić information content (AvgIpc) is 3.60. The van der Waals surface area contributed by atoms with E-state index in [0.29, 0.717) is 29.1 Å². The van der Waals surface area contributed by atoms with E-state index in [4.69, 9.17) is 4.74 Å². The van der Waals surface area contributed by atoms with Crippen LogP contribution in [0.3, 0.4) is 0 Å². The maximum Gasteiger partial charge on any atom is 0.411 e. The summed E-state index contributed by atoms with van der Waals surface area (Å²) in [4.78, 5) is 45.4. The first-order valence-electron chi connectivity index (χ1n) is 12.6. The third-order valence-electron chi connectivity index (χ3n) is 6.60. The van der Waals surface area contributed by atoms with Crippen LogP contribution in [0.5, 0.6) is 0 Å². The smallest absolute Gasteiger partial charge is 0.411 e. The first kappa shape index (κ1) is 26.1. The van der Waals surface area contributed by atoms with Crippen molar-refractivity contribution in [1.29, 1.82) is 0 Å². The number of aryl methyl sites for hydroxylation is 1. The summed E-state index contributed by atoms with van der Waals surface area (Å²) in [7, 11) is 0. The summed E-state index contributed by atoms with van der Waals surface area (Å²) in [5, 5.41) is 7.68. The standard InChI is InChI=1S/C30H28N4O4S/c1-20-7-2-3-8-22(20)19-34-26(29(36)32-17-15-23-9-4-5-16-31-23)27(38-30(34)37)21-11-13-24(14-12-21)33-28(35)25-10-6-18-39-25/h2-14,16,18,26-27H,15,17,19H2,1H3,(H,32,36)(H,33,35)/t26-,27+/m0/s1. The van der Waals surface area contributed by atoms with Crippen molar-refractivity contribution in [2.45, 2.75) is 32.0 Å². The Morgan fingerprint density at radius 2 is 1.79 bits per heavy atom. The minimum absolute atomic E-state index is 0.195. The molecular weight excluding hydrogens is 512 g/mol. The Hall–Kier alpha value is -4.50. The van der Waals surface area contributed by atoms with Crippen LogP contribution < -0.4 is 10.6 Å². The molecule has 0 saturated carbocycles. The number of anilines is 1. The highest BCUT2D eigenvalue weighted by molar-refractivity contribution is 7.12. The van der Waals surface area contributed by atoms with Gasteiger partial charge < -0.3 is 15.4 Å². The zero-order valence-electron chi connectivity index (χ0n) is 21.4. The number of thiophene rings is 1. The highest BCUT2D eigenvalue weighted by Gasteiger charge is 2.47. The van der Waals surface area contributed by atoms with E-state index < -0.39 is 18.2 Å². The van der Waals surface area contributed by atoms with Crippen molar-refractivity contribution in [2.75, 3.05) is 11.9 Å². The number of nitrogens with one attached hydrogen (secondary N) is 2. The van der Waals surface area contributed by atoms with Crippen molar-refractivity contribution in [3.63, 3.8) is 0 Å².